The van der Waals surface area contributed by atoms with E-state index in [1.807, 2.05) is 37.3 Å². The van der Waals surface area contributed by atoms with Gasteiger partial charge in [-0.25, -0.2) is 0 Å². The van der Waals surface area contributed by atoms with Crippen LogP contribution in [0.1, 0.15) is 30.0 Å². The molecule has 0 bridgehead atoms. The van der Waals surface area contributed by atoms with Crippen LogP contribution in [0.15, 0.2) is 42.5 Å². The first-order valence-electron chi connectivity index (χ1n) is 7.31. The van der Waals surface area contributed by atoms with E-state index in [2.05, 4.69) is 19.1 Å². The highest BCUT2D eigenvalue weighted by Crippen LogP contribution is 2.20. The topological polar surface area (TPSA) is 35.2 Å². The number of halogens is 1. The molecule has 0 heterocycles. The fourth-order valence-corrected chi connectivity index (χ4v) is 2.39. The molecule has 2 aromatic rings. The summed E-state index contributed by atoms with van der Waals surface area (Å²) in [5, 5.41) is 0.750. The fraction of sp³-hybridized carbons (Fsp3) is 0.333. The molecule has 112 valence electrons. The molecule has 3 heteroatoms. The third-order valence-corrected chi connectivity index (χ3v) is 3.90. The molecule has 1 unspecified atom stereocenters. The van der Waals surface area contributed by atoms with Crippen molar-refractivity contribution < 1.29 is 4.74 Å². The van der Waals surface area contributed by atoms with Gasteiger partial charge in [-0.1, -0.05) is 42.8 Å². The van der Waals surface area contributed by atoms with Gasteiger partial charge in [0.15, 0.2) is 0 Å². The summed E-state index contributed by atoms with van der Waals surface area (Å²) in [5.74, 6) is 0.848. The molecule has 0 aliphatic rings. The number of aryl methyl sites for hydroxylation is 1. The molecule has 0 radical (unpaired) electrons. The first-order chi connectivity index (χ1) is 10.1. The molecule has 0 saturated heterocycles. The molecule has 1 atom stereocenters. The molecule has 0 aliphatic carbocycles. The predicted octanol–water partition coefficient (Wildman–Crippen LogP) is 4.51. The minimum atomic E-state index is 0.225. The molecular weight excluding hydrogens is 282 g/mol. The van der Waals surface area contributed by atoms with E-state index in [0.29, 0.717) is 6.61 Å². The van der Waals surface area contributed by atoms with Crippen molar-refractivity contribution in [1.29, 1.82) is 0 Å². The number of hydrogen-bond donors (Lipinski definition) is 1. The molecule has 0 aliphatic heterocycles. The van der Waals surface area contributed by atoms with Crippen molar-refractivity contribution in [3.63, 3.8) is 0 Å². The normalized spacial score (nSPS) is 12.2. The van der Waals surface area contributed by atoms with Crippen LogP contribution in [-0.4, -0.2) is 6.04 Å². The average molecular weight is 304 g/mol. The summed E-state index contributed by atoms with van der Waals surface area (Å²) in [4.78, 5) is 0. The standard InChI is InChI=1S/C18H22ClNO/c1-3-16(20)11-14-5-8-17(9-6-14)21-12-15-7-4-13(2)10-18(15)19/h4-10,16H,3,11-12,20H2,1-2H3. The first kappa shape index (κ1) is 15.9. The lowest BCUT2D eigenvalue weighted by molar-refractivity contribution is 0.306. The smallest absolute Gasteiger partial charge is 0.119 e. The van der Waals surface area contributed by atoms with E-state index in [0.717, 1.165) is 34.7 Å². The zero-order chi connectivity index (χ0) is 15.2. The van der Waals surface area contributed by atoms with Gasteiger partial charge in [-0.05, 0) is 49.1 Å². The van der Waals surface area contributed by atoms with Crippen LogP contribution < -0.4 is 10.5 Å². The third kappa shape index (κ3) is 4.76. The third-order valence-electron chi connectivity index (χ3n) is 3.55. The van der Waals surface area contributed by atoms with E-state index < -0.39 is 0 Å². The van der Waals surface area contributed by atoms with Crippen molar-refractivity contribution in [2.45, 2.75) is 39.3 Å². The molecule has 2 rings (SSSR count). The number of hydrogen-bond acceptors (Lipinski definition) is 2. The molecule has 0 saturated carbocycles. The number of nitrogens with two attached hydrogens (primary N) is 1. The van der Waals surface area contributed by atoms with Crippen molar-refractivity contribution >= 4 is 11.6 Å². The zero-order valence-corrected chi connectivity index (χ0v) is 13.4. The van der Waals surface area contributed by atoms with E-state index >= 15 is 0 Å². The second-order valence-corrected chi connectivity index (χ2v) is 5.81. The lowest BCUT2D eigenvalue weighted by atomic mass is 10.0. The van der Waals surface area contributed by atoms with Gasteiger partial charge >= 0.3 is 0 Å². The highest BCUT2D eigenvalue weighted by Gasteiger charge is 2.04. The molecule has 0 amide bonds. The Balaban J connectivity index is 1.94. The van der Waals surface area contributed by atoms with Crippen LogP contribution in [0.3, 0.4) is 0 Å². The average Bonchev–Trinajstić information content (AvgIpc) is 2.48. The highest BCUT2D eigenvalue weighted by atomic mass is 35.5. The first-order valence-corrected chi connectivity index (χ1v) is 7.68. The largest absolute Gasteiger partial charge is 0.489 e. The Morgan fingerprint density at radius 2 is 1.86 bits per heavy atom. The van der Waals surface area contributed by atoms with Crippen molar-refractivity contribution in [1.82, 2.24) is 0 Å². The van der Waals surface area contributed by atoms with Gasteiger partial charge in [0.1, 0.15) is 12.4 Å². The number of ether oxygens (including phenoxy) is 1. The van der Waals surface area contributed by atoms with E-state index in [-0.39, 0.29) is 6.04 Å². The summed E-state index contributed by atoms with van der Waals surface area (Å²) >= 11 is 6.20. The quantitative estimate of drug-likeness (QED) is 0.852. The maximum Gasteiger partial charge on any atom is 0.119 e. The van der Waals surface area contributed by atoms with Gasteiger partial charge in [-0.2, -0.15) is 0 Å². The Morgan fingerprint density at radius 1 is 1.14 bits per heavy atom. The second kappa shape index (κ2) is 7.48. The van der Waals surface area contributed by atoms with E-state index in [4.69, 9.17) is 22.1 Å². The molecule has 0 spiro atoms. The van der Waals surface area contributed by atoms with Crippen molar-refractivity contribution in [2.75, 3.05) is 0 Å². The summed E-state index contributed by atoms with van der Waals surface area (Å²) in [6.45, 7) is 4.61. The van der Waals surface area contributed by atoms with Gasteiger partial charge in [0.2, 0.25) is 0 Å². The fourth-order valence-electron chi connectivity index (χ4n) is 2.10. The zero-order valence-electron chi connectivity index (χ0n) is 12.6. The highest BCUT2D eigenvalue weighted by molar-refractivity contribution is 6.31. The maximum atomic E-state index is 6.20. The van der Waals surface area contributed by atoms with Crippen LogP contribution in [0, 0.1) is 6.92 Å². The van der Waals surface area contributed by atoms with Crippen LogP contribution >= 0.6 is 11.6 Å². The summed E-state index contributed by atoms with van der Waals surface area (Å²) < 4.78 is 5.78. The van der Waals surface area contributed by atoms with Crippen LogP contribution in [0.2, 0.25) is 5.02 Å². The minimum absolute atomic E-state index is 0.225. The lowest BCUT2D eigenvalue weighted by Crippen LogP contribution is -2.21. The predicted molar refractivity (Wildman–Crippen MR) is 88.9 cm³/mol. The second-order valence-electron chi connectivity index (χ2n) is 5.40. The Hall–Kier alpha value is -1.51. The molecule has 21 heavy (non-hydrogen) atoms. The summed E-state index contributed by atoms with van der Waals surface area (Å²) in [6, 6.07) is 14.3. The SMILES string of the molecule is CCC(N)Cc1ccc(OCc2ccc(C)cc2Cl)cc1. The summed E-state index contributed by atoms with van der Waals surface area (Å²) in [5.41, 5.74) is 9.35. The monoisotopic (exact) mass is 303 g/mol. The van der Waals surface area contributed by atoms with Crippen LogP contribution in [0.25, 0.3) is 0 Å². The van der Waals surface area contributed by atoms with E-state index in [1.54, 1.807) is 0 Å². The van der Waals surface area contributed by atoms with Crippen LogP contribution in [-0.2, 0) is 13.0 Å². The number of rotatable bonds is 6. The van der Waals surface area contributed by atoms with E-state index in [1.165, 1.54) is 5.56 Å². The number of benzene rings is 2. The maximum absolute atomic E-state index is 6.20. The van der Waals surface area contributed by atoms with Gasteiger partial charge in [-0.15, -0.1) is 0 Å². The molecule has 0 fully saturated rings. The van der Waals surface area contributed by atoms with Crippen molar-refractivity contribution in [3.05, 3.63) is 64.2 Å². The van der Waals surface area contributed by atoms with Crippen LogP contribution in [0.4, 0.5) is 0 Å². The van der Waals surface area contributed by atoms with E-state index in [9.17, 15) is 0 Å². The lowest BCUT2D eigenvalue weighted by Gasteiger charge is -2.11. The Morgan fingerprint density at radius 3 is 2.48 bits per heavy atom. The molecular formula is C18H22ClNO. The van der Waals surface area contributed by atoms with Crippen molar-refractivity contribution in [3.8, 4) is 5.75 Å². The van der Waals surface area contributed by atoms with Gasteiger partial charge in [0.05, 0.1) is 0 Å². The molecule has 2 aromatic carbocycles. The Kier molecular flexibility index (Phi) is 5.66. The Bertz CT molecular complexity index is 580. The van der Waals surface area contributed by atoms with Crippen molar-refractivity contribution in [2.24, 2.45) is 5.73 Å². The van der Waals surface area contributed by atoms with Gasteiger partial charge in [0, 0.05) is 16.6 Å². The molecule has 2 N–H and O–H groups in total. The van der Waals surface area contributed by atoms with Gasteiger partial charge in [0.25, 0.3) is 0 Å². The van der Waals surface area contributed by atoms with Crippen LogP contribution in [0.5, 0.6) is 5.75 Å². The van der Waals surface area contributed by atoms with Gasteiger partial charge < -0.3 is 10.5 Å². The molecule has 0 aromatic heterocycles. The summed E-state index contributed by atoms with van der Waals surface area (Å²) in [7, 11) is 0. The Labute approximate surface area is 131 Å². The van der Waals surface area contributed by atoms with Gasteiger partial charge in [-0.3, -0.25) is 0 Å². The minimum Gasteiger partial charge on any atom is -0.489 e. The summed E-state index contributed by atoms with van der Waals surface area (Å²) in [6.07, 6.45) is 1.89. The molecule has 2 nitrogen and oxygen atoms in total.